The molecule has 1 aliphatic carbocycles. The number of benzene rings is 1. The lowest BCUT2D eigenvalue weighted by molar-refractivity contribution is -0.161. The molecule has 0 saturated heterocycles. The lowest BCUT2D eigenvalue weighted by atomic mass is 9.97. The highest BCUT2D eigenvalue weighted by atomic mass is 19.4. The van der Waals surface area contributed by atoms with Crippen LogP contribution in [-0.2, 0) is 6.42 Å². The van der Waals surface area contributed by atoms with E-state index < -0.39 is 24.9 Å². The van der Waals surface area contributed by atoms with E-state index in [1.807, 2.05) is 24.3 Å². The van der Waals surface area contributed by atoms with Gasteiger partial charge in [-0.05, 0) is 44.2 Å². The van der Waals surface area contributed by atoms with E-state index in [1.54, 1.807) is 13.8 Å². The molecular weight excluding hydrogens is 279 g/mol. The van der Waals surface area contributed by atoms with Gasteiger partial charge in [-0.15, -0.1) is 0 Å². The first-order chi connectivity index (χ1) is 9.79. The van der Waals surface area contributed by atoms with Crippen LogP contribution in [0.15, 0.2) is 24.3 Å². The molecule has 5 heteroatoms. The van der Waals surface area contributed by atoms with Gasteiger partial charge in [0.25, 0.3) is 0 Å². The summed E-state index contributed by atoms with van der Waals surface area (Å²) >= 11 is 0. The summed E-state index contributed by atoms with van der Waals surface area (Å²) in [6.45, 7) is 2.51. The first-order valence-corrected chi connectivity index (χ1v) is 7.38. The van der Waals surface area contributed by atoms with E-state index in [-0.39, 0.29) is 6.04 Å². The molecule has 2 rings (SSSR count). The lowest BCUT2D eigenvalue weighted by Gasteiger charge is -2.37. The third-order valence-corrected chi connectivity index (χ3v) is 4.14. The van der Waals surface area contributed by atoms with Crippen molar-refractivity contribution in [3.05, 3.63) is 35.4 Å². The van der Waals surface area contributed by atoms with E-state index in [1.165, 1.54) is 4.90 Å². The van der Waals surface area contributed by atoms with E-state index in [9.17, 15) is 18.3 Å². The smallest absolute Gasteiger partial charge is 0.387 e. The second-order valence-electron chi connectivity index (χ2n) is 5.98. The Morgan fingerprint density at radius 1 is 1.29 bits per heavy atom. The third-order valence-electron chi connectivity index (χ3n) is 4.14. The van der Waals surface area contributed by atoms with Gasteiger partial charge >= 0.3 is 6.18 Å². The highest BCUT2D eigenvalue weighted by molar-refractivity contribution is 5.31. The summed E-state index contributed by atoms with van der Waals surface area (Å²) < 4.78 is 38.5. The van der Waals surface area contributed by atoms with Gasteiger partial charge in [0.05, 0.1) is 12.6 Å². The third kappa shape index (κ3) is 3.98. The van der Waals surface area contributed by atoms with Crippen LogP contribution in [0, 0.1) is 0 Å². The number of fused-ring (bicyclic) bond motifs is 1. The highest BCUT2D eigenvalue weighted by Gasteiger charge is 2.38. The molecule has 0 fully saturated rings. The van der Waals surface area contributed by atoms with Crippen LogP contribution in [0.4, 0.5) is 13.2 Å². The fraction of sp³-hybridized carbons (Fsp3) is 0.625. The van der Waals surface area contributed by atoms with Crippen molar-refractivity contribution in [2.24, 2.45) is 0 Å². The van der Waals surface area contributed by atoms with Crippen molar-refractivity contribution in [1.82, 2.24) is 4.90 Å². The summed E-state index contributed by atoms with van der Waals surface area (Å²) in [5.41, 5.74) is 1.82. The minimum Gasteiger partial charge on any atom is -0.387 e. The van der Waals surface area contributed by atoms with Gasteiger partial charge in [-0.2, -0.15) is 13.2 Å². The van der Waals surface area contributed by atoms with Gasteiger partial charge < -0.3 is 5.11 Å². The average molecular weight is 301 g/mol. The number of nitrogens with zero attached hydrogens (tertiary/aromatic N) is 1. The number of hydrogen-bond acceptors (Lipinski definition) is 2. The zero-order valence-electron chi connectivity index (χ0n) is 12.4. The van der Waals surface area contributed by atoms with Crippen molar-refractivity contribution in [1.29, 1.82) is 0 Å². The number of aliphatic hydroxyl groups excluding tert-OH is 1. The zero-order valence-corrected chi connectivity index (χ0v) is 12.4. The molecule has 0 spiro atoms. The second-order valence-corrected chi connectivity index (χ2v) is 5.98. The summed E-state index contributed by atoms with van der Waals surface area (Å²) in [7, 11) is 0. The molecule has 1 N–H and O–H groups in total. The van der Waals surface area contributed by atoms with Crippen LogP contribution in [0.1, 0.15) is 43.9 Å². The Balaban J connectivity index is 2.29. The highest BCUT2D eigenvalue weighted by Crippen LogP contribution is 2.34. The molecule has 0 heterocycles. The lowest BCUT2D eigenvalue weighted by Crippen LogP contribution is -2.48. The van der Waals surface area contributed by atoms with Gasteiger partial charge in [-0.25, -0.2) is 0 Å². The molecule has 1 aromatic rings. The van der Waals surface area contributed by atoms with E-state index >= 15 is 0 Å². The quantitative estimate of drug-likeness (QED) is 0.861. The number of aliphatic hydroxyl groups is 1. The predicted molar refractivity (Wildman–Crippen MR) is 76.0 cm³/mol. The Morgan fingerprint density at radius 2 is 1.95 bits per heavy atom. The number of halogens is 3. The van der Waals surface area contributed by atoms with Crippen molar-refractivity contribution >= 4 is 0 Å². The van der Waals surface area contributed by atoms with Crippen LogP contribution in [0.2, 0.25) is 0 Å². The molecule has 0 saturated carbocycles. The number of hydrogen-bond donors (Lipinski definition) is 1. The molecule has 21 heavy (non-hydrogen) atoms. The minimum absolute atomic E-state index is 0.267. The Morgan fingerprint density at radius 3 is 2.57 bits per heavy atom. The summed E-state index contributed by atoms with van der Waals surface area (Å²) in [6, 6.07) is 6.75. The van der Waals surface area contributed by atoms with Crippen molar-refractivity contribution in [3.8, 4) is 0 Å². The van der Waals surface area contributed by atoms with Crippen molar-refractivity contribution in [2.75, 3.05) is 6.54 Å². The molecule has 1 aliphatic rings. The minimum atomic E-state index is -4.25. The topological polar surface area (TPSA) is 23.5 Å². The average Bonchev–Trinajstić information content (AvgIpc) is 2.55. The van der Waals surface area contributed by atoms with Crippen LogP contribution in [0.5, 0.6) is 0 Å². The van der Waals surface area contributed by atoms with E-state index in [2.05, 4.69) is 0 Å². The van der Waals surface area contributed by atoms with Crippen molar-refractivity contribution in [2.45, 2.75) is 57.5 Å². The molecule has 1 aromatic carbocycles. The van der Waals surface area contributed by atoms with Gasteiger partial charge in [0.1, 0.15) is 0 Å². The molecule has 2 atom stereocenters. The fourth-order valence-corrected chi connectivity index (χ4v) is 3.15. The molecule has 0 amide bonds. The fourth-order valence-electron chi connectivity index (χ4n) is 3.15. The summed E-state index contributed by atoms with van der Waals surface area (Å²) in [5, 5.41) is 10.6. The monoisotopic (exact) mass is 301 g/mol. The summed E-state index contributed by atoms with van der Waals surface area (Å²) in [6.07, 6.45) is -2.95. The molecule has 0 aromatic heterocycles. The van der Waals surface area contributed by atoms with E-state index in [0.717, 1.165) is 24.0 Å². The number of rotatable bonds is 3. The van der Waals surface area contributed by atoms with Crippen LogP contribution < -0.4 is 0 Å². The molecule has 118 valence electrons. The van der Waals surface area contributed by atoms with Crippen LogP contribution in [-0.4, -0.2) is 34.8 Å². The normalized spacial score (nSPS) is 23.2. The standard InChI is InChI=1S/C16H22F3NO/c1-11(2)20(10-16(17,18)19)14-9-5-7-12-6-3-4-8-13(12)15(14)21/h3-4,6,8,11,14-15,21H,5,7,9-10H2,1-2H3. The maximum Gasteiger partial charge on any atom is 0.401 e. The van der Waals surface area contributed by atoms with Crippen LogP contribution in [0.25, 0.3) is 0 Å². The molecule has 0 radical (unpaired) electrons. The van der Waals surface area contributed by atoms with Gasteiger partial charge in [0.15, 0.2) is 0 Å². The van der Waals surface area contributed by atoms with Crippen LogP contribution >= 0.6 is 0 Å². The molecule has 2 nitrogen and oxygen atoms in total. The zero-order chi connectivity index (χ0) is 15.6. The Labute approximate surface area is 123 Å². The molecule has 2 unspecified atom stereocenters. The summed E-state index contributed by atoms with van der Waals surface area (Å²) in [4.78, 5) is 1.38. The van der Waals surface area contributed by atoms with Gasteiger partial charge in [-0.3, -0.25) is 4.90 Å². The maximum absolute atomic E-state index is 12.8. The first kappa shape index (κ1) is 16.3. The second kappa shape index (κ2) is 6.36. The Bertz CT molecular complexity index is 473. The van der Waals surface area contributed by atoms with Gasteiger partial charge in [-0.1, -0.05) is 24.3 Å². The van der Waals surface area contributed by atoms with Gasteiger partial charge in [0, 0.05) is 12.1 Å². The maximum atomic E-state index is 12.8. The number of alkyl halides is 3. The van der Waals surface area contributed by atoms with Crippen LogP contribution in [0.3, 0.4) is 0 Å². The molecule has 0 aliphatic heterocycles. The van der Waals surface area contributed by atoms with Crippen molar-refractivity contribution in [3.63, 3.8) is 0 Å². The molecule has 0 bridgehead atoms. The first-order valence-electron chi connectivity index (χ1n) is 7.38. The van der Waals surface area contributed by atoms with Crippen molar-refractivity contribution < 1.29 is 18.3 Å². The van der Waals surface area contributed by atoms with E-state index in [4.69, 9.17) is 0 Å². The summed E-state index contributed by atoms with van der Waals surface area (Å²) in [5.74, 6) is 0. The number of aryl methyl sites for hydroxylation is 1. The Hall–Kier alpha value is -1.07. The van der Waals surface area contributed by atoms with E-state index in [0.29, 0.717) is 6.42 Å². The predicted octanol–water partition coefficient (Wildman–Crippen LogP) is 3.70. The molecular formula is C16H22F3NO. The largest absolute Gasteiger partial charge is 0.401 e. The Kier molecular flexibility index (Phi) is 4.94. The van der Waals surface area contributed by atoms with Gasteiger partial charge in [0.2, 0.25) is 0 Å². The SMILES string of the molecule is CC(C)N(CC(F)(F)F)C1CCCc2ccccc2C1O.